The summed E-state index contributed by atoms with van der Waals surface area (Å²) in [6.45, 7) is 1.34. The third kappa shape index (κ3) is 4.03. The first kappa shape index (κ1) is 16.7. The molecule has 0 fully saturated rings. The summed E-state index contributed by atoms with van der Waals surface area (Å²) in [5, 5.41) is 3.22. The number of para-hydroxylation sites is 1. The first-order valence-corrected chi connectivity index (χ1v) is 8.09. The van der Waals surface area contributed by atoms with Crippen molar-refractivity contribution in [2.24, 2.45) is 0 Å². The zero-order valence-electron chi connectivity index (χ0n) is 13.6. The van der Waals surface area contributed by atoms with E-state index in [1.54, 1.807) is 36.8 Å². The van der Waals surface area contributed by atoms with Crippen LogP contribution in [0.4, 0.5) is 0 Å². The molecule has 2 heterocycles. The molecule has 0 radical (unpaired) electrons. The van der Waals surface area contributed by atoms with Crippen LogP contribution in [0.25, 0.3) is 10.9 Å². The minimum absolute atomic E-state index is 0.0480. The average molecular weight is 341 g/mol. The molecule has 0 unspecified atom stereocenters. The van der Waals surface area contributed by atoms with Crippen molar-refractivity contribution < 1.29 is 4.79 Å². The molecule has 3 rings (SSSR count). The van der Waals surface area contributed by atoms with Crippen LogP contribution in [0.5, 0.6) is 0 Å². The van der Waals surface area contributed by atoms with Crippen molar-refractivity contribution in [1.29, 1.82) is 0 Å². The number of aromatic amines is 1. The Labute approximate surface area is 143 Å². The van der Waals surface area contributed by atoms with Crippen LogP contribution in [0, 0.1) is 0 Å². The maximum Gasteiger partial charge on any atom is 0.328 e. The van der Waals surface area contributed by atoms with Crippen molar-refractivity contribution in [3.05, 3.63) is 63.8 Å². The maximum atomic E-state index is 12.4. The van der Waals surface area contributed by atoms with Gasteiger partial charge in [-0.1, -0.05) is 12.1 Å². The molecule has 8 heteroatoms. The van der Waals surface area contributed by atoms with Crippen molar-refractivity contribution in [3.63, 3.8) is 0 Å². The first-order chi connectivity index (χ1) is 12.1. The summed E-state index contributed by atoms with van der Waals surface area (Å²) in [5.41, 5.74) is -0.387. The molecule has 0 bridgehead atoms. The minimum atomic E-state index is -0.503. The van der Waals surface area contributed by atoms with E-state index in [1.165, 1.54) is 0 Å². The van der Waals surface area contributed by atoms with Crippen LogP contribution < -0.4 is 16.6 Å². The average Bonchev–Trinajstić information content (AvgIpc) is 3.12. The van der Waals surface area contributed by atoms with Gasteiger partial charge in [-0.25, -0.2) is 9.78 Å². The fourth-order valence-corrected chi connectivity index (χ4v) is 2.61. The lowest BCUT2D eigenvalue weighted by Gasteiger charge is -2.08. The number of imidazole rings is 1. The largest absolute Gasteiger partial charge is 0.356 e. The quantitative estimate of drug-likeness (QED) is 0.610. The third-order valence-corrected chi connectivity index (χ3v) is 3.93. The van der Waals surface area contributed by atoms with Gasteiger partial charge < -0.3 is 14.9 Å². The number of aromatic nitrogens is 4. The highest BCUT2D eigenvalue weighted by molar-refractivity contribution is 5.77. The maximum absolute atomic E-state index is 12.4. The lowest BCUT2D eigenvalue weighted by molar-refractivity contribution is -0.121. The van der Waals surface area contributed by atoms with Gasteiger partial charge >= 0.3 is 5.69 Å². The predicted octanol–water partition coefficient (Wildman–Crippen LogP) is 0.483. The van der Waals surface area contributed by atoms with E-state index >= 15 is 0 Å². The summed E-state index contributed by atoms with van der Waals surface area (Å²) in [5.74, 6) is -0.190. The minimum Gasteiger partial charge on any atom is -0.356 e. The Morgan fingerprint density at radius 1 is 1.20 bits per heavy atom. The Bertz CT molecular complexity index is 972. The van der Waals surface area contributed by atoms with Gasteiger partial charge in [0.1, 0.15) is 0 Å². The number of nitrogens with one attached hydrogen (secondary N) is 2. The number of rotatable bonds is 7. The van der Waals surface area contributed by atoms with E-state index in [-0.39, 0.29) is 24.4 Å². The van der Waals surface area contributed by atoms with Crippen LogP contribution in [0.1, 0.15) is 12.8 Å². The second kappa shape index (κ2) is 7.61. The van der Waals surface area contributed by atoms with E-state index in [1.807, 2.05) is 10.8 Å². The van der Waals surface area contributed by atoms with E-state index in [0.717, 1.165) is 17.5 Å². The van der Waals surface area contributed by atoms with Crippen molar-refractivity contribution >= 4 is 16.8 Å². The molecule has 0 aliphatic heterocycles. The number of nitrogens with zero attached hydrogens (tertiary/aromatic N) is 3. The van der Waals surface area contributed by atoms with Crippen LogP contribution in [-0.2, 0) is 17.9 Å². The molecule has 1 aromatic carbocycles. The number of hydrogen-bond acceptors (Lipinski definition) is 4. The normalized spacial score (nSPS) is 10.9. The van der Waals surface area contributed by atoms with Crippen molar-refractivity contribution in [2.45, 2.75) is 25.9 Å². The van der Waals surface area contributed by atoms with Crippen LogP contribution >= 0.6 is 0 Å². The summed E-state index contributed by atoms with van der Waals surface area (Å²) < 4.78 is 2.99. The molecule has 0 aliphatic rings. The fourth-order valence-electron chi connectivity index (χ4n) is 2.61. The monoisotopic (exact) mass is 341 g/mol. The highest BCUT2D eigenvalue weighted by Crippen LogP contribution is 2.03. The predicted molar refractivity (Wildman–Crippen MR) is 93.3 cm³/mol. The summed E-state index contributed by atoms with van der Waals surface area (Å²) in [7, 11) is 0. The van der Waals surface area contributed by atoms with Crippen LogP contribution in [-0.4, -0.2) is 31.6 Å². The summed E-state index contributed by atoms with van der Waals surface area (Å²) in [6.07, 6.45) is 6.14. The second-order valence-electron chi connectivity index (χ2n) is 5.69. The lowest BCUT2D eigenvalue weighted by Crippen LogP contribution is -2.37. The first-order valence-electron chi connectivity index (χ1n) is 8.09. The number of fused-ring (bicyclic) bond motifs is 1. The number of amides is 1. The van der Waals surface area contributed by atoms with Gasteiger partial charge in [-0.05, 0) is 18.6 Å². The Kier molecular flexibility index (Phi) is 5.08. The van der Waals surface area contributed by atoms with Gasteiger partial charge in [0, 0.05) is 38.4 Å². The number of benzene rings is 1. The van der Waals surface area contributed by atoms with Crippen LogP contribution in [0.2, 0.25) is 0 Å². The number of aryl methyl sites for hydroxylation is 1. The molecular formula is C17H19N5O3. The molecule has 0 saturated heterocycles. The SMILES string of the molecule is O=C(CCn1c(=O)[nH]c2ccccc2c1=O)NCCCn1ccnc1. The summed E-state index contributed by atoms with van der Waals surface area (Å²) in [4.78, 5) is 42.9. The fraction of sp³-hybridized carbons (Fsp3) is 0.294. The molecule has 2 aromatic heterocycles. The van der Waals surface area contributed by atoms with E-state index in [4.69, 9.17) is 0 Å². The van der Waals surface area contributed by atoms with Gasteiger partial charge in [-0.3, -0.25) is 14.2 Å². The molecule has 0 atom stereocenters. The number of hydrogen-bond donors (Lipinski definition) is 2. The second-order valence-corrected chi connectivity index (χ2v) is 5.69. The summed E-state index contributed by atoms with van der Waals surface area (Å²) in [6, 6.07) is 6.81. The molecule has 0 aliphatic carbocycles. The molecular weight excluding hydrogens is 322 g/mol. The van der Waals surface area contributed by atoms with E-state index < -0.39 is 5.69 Å². The van der Waals surface area contributed by atoms with Crippen LogP contribution in [0.3, 0.4) is 0 Å². The molecule has 130 valence electrons. The standard InChI is InChI=1S/C17H19N5O3/c23-15(19-7-3-9-21-11-8-18-12-21)6-10-22-16(24)13-4-1-2-5-14(13)20-17(22)25/h1-2,4-5,8,11-12H,3,6-7,9-10H2,(H,19,23)(H,20,25). The smallest absolute Gasteiger partial charge is 0.328 e. The van der Waals surface area contributed by atoms with Gasteiger partial charge in [0.25, 0.3) is 5.56 Å². The number of carbonyl (C=O) groups excluding carboxylic acids is 1. The number of H-pyrrole nitrogens is 1. The zero-order valence-corrected chi connectivity index (χ0v) is 13.6. The molecule has 25 heavy (non-hydrogen) atoms. The molecule has 0 spiro atoms. The Morgan fingerprint density at radius 2 is 2.04 bits per heavy atom. The zero-order chi connectivity index (χ0) is 17.6. The van der Waals surface area contributed by atoms with Gasteiger partial charge in [0.2, 0.25) is 5.91 Å². The molecule has 3 aromatic rings. The van der Waals surface area contributed by atoms with Crippen molar-refractivity contribution in [1.82, 2.24) is 24.4 Å². The van der Waals surface area contributed by atoms with Gasteiger partial charge in [0.15, 0.2) is 0 Å². The third-order valence-electron chi connectivity index (χ3n) is 3.93. The Balaban J connectivity index is 1.54. The van der Waals surface area contributed by atoms with Gasteiger partial charge in [0.05, 0.1) is 17.2 Å². The molecule has 1 amide bonds. The van der Waals surface area contributed by atoms with E-state index in [9.17, 15) is 14.4 Å². The molecule has 0 saturated carbocycles. The Hall–Kier alpha value is -3.16. The van der Waals surface area contributed by atoms with Gasteiger partial charge in [-0.2, -0.15) is 0 Å². The van der Waals surface area contributed by atoms with Crippen LogP contribution in [0.15, 0.2) is 52.6 Å². The Morgan fingerprint density at radius 3 is 2.84 bits per heavy atom. The van der Waals surface area contributed by atoms with Crippen molar-refractivity contribution in [2.75, 3.05) is 6.54 Å². The highest BCUT2D eigenvalue weighted by atomic mass is 16.2. The summed E-state index contributed by atoms with van der Waals surface area (Å²) >= 11 is 0. The van der Waals surface area contributed by atoms with Crippen molar-refractivity contribution in [3.8, 4) is 0 Å². The number of carbonyl (C=O) groups is 1. The lowest BCUT2D eigenvalue weighted by atomic mass is 10.2. The highest BCUT2D eigenvalue weighted by Gasteiger charge is 2.09. The van der Waals surface area contributed by atoms with E-state index in [2.05, 4.69) is 15.3 Å². The molecule has 2 N–H and O–H groups in total. The van der Waals surface area contributed by atoms with Gasteiger partial charge in [-0.15, -0.1) is 0 Å². The molecule has 8 nitrogen and oxygen atoms in total. The van der Waals surface area contributed by atoms with E-state index in [0.29, 0.717) is 17.4 Å². The topological polar surface area (TPSA) is 102 Å².